The predicted octanol–water partition coefficient (Wildman–Crippen LogP) is 5.75. The minimum absolute atomic E-state index is 0.740. The summed E-state index contributed by atoms with van der Waals surface area (Å²) < 4.78 is 5.41. The molecule has 2 aromatic carbocycles. The number of aromatic nitrogens is 1. The van der Waals surface area contributed by atoms with E-state index in [9.17, 15) is 0 Å². The van der Waals surface area contributed by atoms with Gasteiger partial charge in [-0.15, -0.1) is 0 Å². The van der Waals surface area contributed by atoms with E-state index in [2.05, 4.69) is 29.2 Å². The van der Waals surface area contributed by atoms with E-state index in [0.717, 1.165) is 21.9 Å². The van der Waals surface area contributed by atoms with Gasteiger partial charge in [-0.3, -0.25) is 0 Å². The zero-order chi connectivity index (χ0) is 14.2. The van der Waals surface area contributed by atoms with E-state index >= 15 is 0 Å². The van der Waals surface area contributed by atoms with Crippen LogP contribution < -0.4 is 0 Å². The van der Waals surface area contributed by atoms with Crippen LogP contribution in [0.3, 0.4) is 0 Å². The van der Waals surface area contributed by atoms with Crippen molar-refractivity contribution in [3.63, 3.8) is 0 Å². The molecule has 0 aliphatic rings. The third-order valence-electron chi connectivity index (χ3n) is 3.65. The van der Waals surface area contributed by atoms with Gasteiger partial charge in [-0.05, 0) is 29.8 Å². The van der Waals surface area contributed by atoms with Gasteiger partial charge in [-0.25, -0.2) is 0 Å². The maximum Gasteiger partial charge on any atom is 0.133 e. The first-order valence-corrected chi connectivity index (χ1v) is 7.10. The molecular formula is C18H12ClNO. The van der Waals surface area contributed by atoms with Crippen molar-refractivity contribution in [2.45, 2.75) is 0 Å². The lowest BCUT2D eigenvalue weighted by molar-refractivity contribution is 0.582. The summed E-state index contributed by atoms with van der Waals surface area (Å²) in [6, 6.07) is 18.1. The molecule has 0 spiro atoms. The van der Waals surface area contributed by atoms with Crippen LogP contribution in [0.4, 0.5) is 0 Å². The Bertz CT molecular complexity index is 889. The average molecular weight is 294 g/mol. The molecule has 0 atom stereocenters. The molecule has 0 saturated heterocycles. The molecule has 2 heterocycles. The second-order valence-corrected chi connectivity index (χ2v) is 5.38. The number of aromatic amines is 1. The number of rotatable bonds is 2. The smallest absolute Gasteiger partial charge is 0.133 e. The quantitative estimate of drug-likeness (QED) is 0.501. The first kappa shape index (κ1) is 12.3. The molecule has 2 aromatic heterocycles. The first-order valence-electron chi connectivity index (χ1n) is 6.72. The molecule has 3 heteroatoms. The number of halogens is 1. The number of hydrogen-bond donors (Lipinski definition) is 1. The molecule has 0 fully saturated rings. The minimum atomic E-state index is 0.740. The summed E-state index contributed by atoms with van der Waals surface area (Å²) in [6.07, 6.45) is 3.70. The van der Waals surface area contributed by atoms with Gasteiger partial charge in [0.05, 0.1) is 6.26 Å². The molecule has 0 unspecified atom stereocenters. The van der Waals surface area contributed by atoms with Crippen LogP contribution >= 0.6 is 11.6 Å². The molecule has 0 amide bonds. The maximum atomic E-state index is 6.02. The van der Waals surface area contributed by atoms with E-state index in [1.165, 1.54) is 16.5 Å². The molecule has 2 nitrogen and oxygen atoms in total. The van der Waals surface area contributed by atoms with Crippen LogP contribution in [0.15, 0.2) is 71.5 Å². The van der Waals surface area contributed by atoms with Gasteiger partial charge in [0, 0.05) is 33.2 Å². The molecule has 4 aromatic rings. The topological polar surface area (TPSA) is 28.9 Å². The van der Waals surface area contributed by atoms with Crippen molar-refractivity contribution in [2.75, 3.05) is 0 Å². The fourth-order valence-corrected chi connectivity index (χ4v) is 2.77. The SMILES string of the molecule is Clc1ccc2c(-c3ccc(-c4ccco4)cc3)c[nH]c2c1. The van der Waals surface area contributed by atoms with Crippen molar-refractivity contribution in [3.8, 4) is 22.5 Å². The number of furan rings is 1. The fourth-order valence-electron chi connectivity index (χ4n) is 2.59. The van der Waals surface area contributed by atoms with Gasteiger partial charge < -0.3 is 9.40 Å². The van der Waals surface area contributed by atoms with Gasteiger partial charge >= 0.3 is 0 Å². The predicted molar refractivity (Wildman–Crippen MR) is 86.4 cm³/mol. The summed E-state index contributed by atoms with van der Waals surface area (Å²) in [5, 5.41) is 1.91. The zero-order valence-electron chi connectivity index (χ0n) is 11.1. The van der Waals surface area contributed by atoms with E-state index in [4.69, 9.17) is 16.0 Å². The second-order valence-electron chi connectivity index (χ2n) is 4.95. The van der Waals surface area contributed by atoms with Crippen LogP contribution in [-0.2, 0) is 0 Å². The lowest BCUT2D eigenvalue weighted by Crippen LogP contribution is -1.77. The van der Waals surface area contributed by atoms with Crippen LogP contribution in [0.25, 0.3) is 33.4 Å². The highest BCUT2D eigenvalue weighted by Gasteiger charge is 2.07. The van der Waals surface area contributed by atoms with Crippen molar-refractivity contribution in [3.05, 3.63) is 72.1 Å². The van der Waals surface area contributed by atoms with Crippen molar-refractivity contribution in [1.29, 1.82) is 0 Å². The summed E-state index contributed by atoms with van der Waals surface area (Å²) in [7, 11) is 0. The number of hydrogen-bond acceptors (Lipinski definition) is 1. The Morgan fingerprint density at radius 2 is 1.71 bits per heavy atom. The molecule has 21 heavy (non-hydrogen) atoms. The van der Waals surface area contributed by atoms with Gasteiger partial charge in [0.25, 0.3) is 0 Å². The summed E-state index contributed by atoms with van der Waals surface area (Å²) in [5.41, 5.74) is 4.46. The van der Waals surface area contributed by atoms with Gasteiger partial charge in [0.15, 0.2) is 0 Å². The van der Waals surface area contributed by atoms with Crippen molar-refractivity contribution >= 4 is 22.5 Å². The van der Waals surface area contributed by atoms with Crippen molar-refractivity contribution in [2.24, 2.45) is 0 Å². The van der Waals surface area contributed by atoms with Gasteiger partial charge in [0.2, 0.25) is 0 Å². The van der Waals surface area contributed by atoms with Crippen LogP contribution in [0.1, 0.15) is 0 Å². The number of H-pyrrole nitrogens is 1. The third kappa shape index (κ3) is 2.14. The Kier molecular flexibility index (Phi) is 2.83. The summed E-state index contributed by atoms with van der Waals surface area (Å²) in [6.45, 7) is 0. The molecule has 0 radical (unpaired) electrons. The van der Waals surface area contributed by atoms with Gasteiger partial charge in [-0.2, -0.15) is 0 Å². The van der Waals surface area contributed by atoms with Crippen LogP contribution in [0, 0.1) is 0 Å². The summed E-state index contributed by atoms with van der Waals surface area (Å²) in [4.78, 5) is 3.27. The van der Waals surface area contributed by atoms with E-state index in [1.807, 2.05) is 36.5 Å². The van der Waals surface area contributed by atoms with Crippen LogP contribution in [0.5, 0.6) is 0 Å². The van der Waals surface area contributed by atoms with Crippen LogP contribution in [0.2, 0.25) is 5.02 Å². The third-order valence-corrected chi connectivity index (χ3v) is 3.88. The minimum Gasteiger partial charge on any atom is -0.464 e. The summed E-state index contributed by atoms with van der Waals surface area (Å²) in [5.74, 6) is 0.882. The average Bonchev–Trinajstić information content (AvgIpc) is 3.16. The van der Waals surface area contributed by atoms with Gasteiger partial charge in [-0.1, -0.05) is 41.9 Å². The summed E-state index contributed by atoms with van der Waals surface area (Å²) >= 11 is 6.02. The highest BCUT2D eigenvalue weighted by molar-refractivity contribution is 6.31. The molecule has 0 aliphatic heterocycles. The number of nitrogens with one attached hydrogen (secondary N) is 1. The zero-order valence-corrected chi connectivity index (χ0v) is 11.9. The highest BCUT2D eigenvalue weighted by atomic mass is 35.5. The maximum absolute atomic E-state index is 6.02. The van der Waals surface area contributed by atoms with E-state index in [0.29, 0.717) is 0 Å². The first-order chi connectivity index (χ1) is 10.3. The van der Waals surface area contributed by atoms with E-state index in [1.54, 1.807) is 6.26 Å². The van der Waals surface area contributed by atoms with Gasteiger partial charge in [0.1, 0.15) is 5.76 Å². The Labute approximate surface area is 127 Å². The number of fused-ring (bicyclic) bond motifs is 1. The molecule has 0 saturated carbocycles. The molecule has 102 valence electrons. The molecular weight excluding hydrogens is 282 g/mol. The van der Waals surface area contributed by atoms with E-state index < -0.39 is 0 Å². The normalized spacial score (nSPS) is 11.1. The van der Waals surface area contributed by atoms with E-state index in [-0.39, 0.29) is 0 Å². The Balaban J connectivity index is 1.78. The van der Waals surface area contributed by atoms with Crippen LogP contribution in [-0.4, -0.2) is 4.98 Å². The second kappa shape index (κ2) is 4.83. The Hall–Kier alpha value is -2.45. The van der Waals surface area contributed by atoms with Crippen molar-refractivity contribution in [1.82, 2.24) is 4.98 Å². The molecule has 1 N–H and O–H groups in total. The monoisotopic (exact) mass is 293 g/mol. The standard InChI is InChI=1S/C18H12ClNO/c19-14-7-8-15-16(11-20-17(15)10-14)12-3-5-13(6-4-12)18-2-1-9-21-18/h1-11,20H. The molecule has 0 aliphatic carbocycles. The Morgan fingerprint density at radius 1 is 0.905 bits per heavy atom. The molecule has 4 rings (SSSR count). The van der Waals surface area contributed by atoms with Crippen molar-refractivity contribution < 1.29 is 4.42 Å². The number of benzene rings is 2. The lowest BCUT2D eigenvalue weighted by atomic mass is 10.0. The fraction of sp³-hybridized carbons (Fsp3) is 0. The lowest BCUT2D eigenvalue weighted by Gasteiger charge is -2.02. The largest absolute Gasteiger partial charge is 0.464 e. The Morgan fingerprint density at radius 3 is 2.48 bits per heavy atom. The highest BCUT2D eigenvalue weighted by Crippen LogP contribution is 2.31. The molecule has 0 bridgehead atoms.